The molecule has 0 aromatic rings. The molecule has 0 aromatic carbocycles. The van der Waals surface area contributed by atoms with Gasteiger partial charge in [-0.25, -0.2) is 0 Å². The number of hydrogen-bond acceptors (Lipinski definition) is 1. The third kappa shape index (κ3) is 19.4. The Balaban J connectivity index is -0.000000500. The Hall–Kier alpha value is 0.920. The number of rotatable bonds is 8. The third-order valence-corrected chi connectivity index (χ3v) is 2.06. The molecule has 84 valence electrons. The Labute approximate surface area is 104 Å². The van der Waals surface area contributed by atoms with Gasteiger partial charge < -0.3 is 5.73 Å². The van der Waals surface area contributed by atoms with Gasteiger partial charge in [-0.05, 0) is 13.0 Å². The SMILES string of the molecule is Br.Br.CCCCCCCCCCN. The van der Waals surface area contributed by atoms with Gasteiger partial charge in [-0.2, -0.15) is 0 Å². The van der Waals surface area contributed by atoms with Crippen molar-refractivity contribution in [2.24, 2.45) is 5.73 Å². The lowest BCUT2D eigenvalue weighted by Crippen LogP contribution is -1.97. The van der Waals surface area contributed by atoms with Crippen LogP contribution in [0.3, 0.4) is 0 Å². The molecule has 0 saturated carbocycles. The summed E-state index contributed by atoms with van der Waals surface area (Å²) in [6.07, 6.45) is 11.0. The van der Waals surface area contributed by atoms with Gasteiger partial charge >= 0.3 is 0 Å². The smallest absolute Gasteiger partial charge is 0.00773 e. The van der Waals surface area contributed by atoms with Crippen LogP contribution in [0.25, 0.3) is 0 Å². The van der Waals surface area contributed by atoms with Crippen LogP contribution in [-0.4, -0.2) is 6.54 Å². The van der Waals surface area contributed by atoms with E-state index in [0.29, 0.717) is 0 Å². The Bertz CT molecular complexity index is 61.9. The molecule has 0 fully saturated rings. The van der Waals surface area contributed by atoms with Crippen molar-refractivity contribution in [2.75, 3.05) is 6.54 Å². The first kappa shape index (κ1) is 19.5. The largest absolute Gasteiger partial charge is 0.330 e. The summed E-state index contributed by atoms with van der Waals surface area (Å²) in [7, 11) is 0. The molecule has 0 rings (SSSR count). The molecule has 0 saturated heterocycles. The van der Waals surface area contributed by atoms with Crippen LogP contribution in [0, 0.1) is 0 Å². The number of unbranched alkanes of at least 4 members (excludes halogenated alkanes) is 7. The highest BCUT2D eigenvalue weighted by molar-refractivity contribution is 8.93. The summed E-state index contributed by atoms with van der Waals surface area (Å²) in [5.41, 5.74) is 5.39. The average molecular weight is 319 g/mol. The van der Waals surface area contributed by atoms with Crippen molar-refractivity contribution in [1.29, 1.82) is 0 Å². The van der Waals surface area contributed by atoms with Crippen molar-refractivity contribution in [3.05, 3.63) is 0 Å². The predicted molar refractivity (Wildman–Crippen MR) is 72.3 cm³/mol. The number of hydrogen-bond donors (Lipinski definition) is 1. The molecule has 0 aliphatic heterocycles. The second-order valence-corrected chi connectivity index (χ2v) is 3.26. The summed E-state index contributed by atoms with van der Waals surface area (Å²) >= 11 is 0. The monoisotopic (exact) mass is 317 g/mol. The molecular weight excluding hydrogens is 294 g/mol. The zero-order valence-electron chi connectivity index (χ0n) is 8.76. The van der Waals surface area contributed by atoms with E-state index in [4.69, 9.17) is 5.73 Å². The highest BCUT2D eigenvalue weighted by Crippen LogP contribution is 2.07. The summed E-state index contributed by atoms with van der Waals surface area (Å²) in [6.45, 7) is 3.13. The first-order chi connectivity index (χ1) is 5.41. The second-order valence-electron chi connectivity index (χ2n) is 3.26. The molecular formula is C10H25Br2N. The first-order valence-electron chi connectivity index (χ1n) is 5.12. The molecule has 13 heavy (non-hydrogen) atoms. The zero-order valence-corrected chi connectivity index (χ0v) is 12.2. The van der Waals surface area contributed by atoms with E-state index in [1.54, 1.807) is 0 Å². The van der Waals surface area contributed by atoms with Crippen molar-refractivity contribution in [1.82, 2.24) is 0 Å². The summed E-state index contributed by atoms with van der Waals surface area (Å²) < 4.78 is 0. The van der Waals surface area contributed by atoms with Crippen molar-refractivity contribution < 1.29 is 0 Å². The minimum absolute atomic E-state index is 0. The molecule has 3 heteroatoms. The average Bonchev–Trinajstić information content (AvgIpc) is 2.03. The molecule has 0 unspecified atom stereocenters. The minimum Gasteiger partial charge on any atom is -0.330 e. The minimum atomic E-state index is 0. The molecule has 0 aliphatic carbocycles. The van der Waals surface area contributed by atoms with Gasteiger partial charge in [-0.3, -0.25) is 0 Å². The van der Waals surface area contributed by atoms with Gasteiger partial charge in [-0.15, -0.1) is 34.0 Å². The van der Waals surface area contributed by atoms with Crippen LogP contribution in [0.15, 0.2) is 0 Å². The van der Waals surface area contributed by atoms with Crippen LogP contribution < -0.4 is 5.73 Å². The highest BCUT2D eigenvalue weighted by Gasteiger charge is 1.89. The lowest BCUT2D eigenvalue weighted by atomic mass is 10.1. The molecule has 0 bridgehead atoms. The van der Waals surface area contributed by atoms with Gasteiger partial charge in [0.05, 0.1) is 0 Å². The molecule has 0 aliphatic rings. The molecule has 0 atom stereocenters. The zero-order chi connectivity index (χ0) is 8.36. The van der Waals surface area contributed by atoms with E-state index in [1.165, 1.54) is 51.4 Å². The highest BCUT2D eigenvalue weighted by atomic mass is 79.9. The summed E-state index contributed by atoms with van der Waals surface area (Å²) in [6, 6.07) is 0. The molecule has 0 radical (unpaired) electrons. The van der Waals surface area contributed by atoms with Crippen molar-refractivity contribution in [3.8, 4) is 0 Å². The standard InChI is InChI=1S/C10H23N.2BrH/c1-2-3-4-5-6-7-8-9-10-11;;/h2-11H2,1H3;2*1H. The van der Waals surface area contributed by atoms with Crippen molar-refractivity contribution in [3.63, 3.8) is 0 Å². The number of halogens is 2. The third-order valence-electron chi connectivity index (χ3n) is 2.06. The van der Waals surface area contributed by atoms with E-state index in [2.05, 4.69) is 6.92 Å². The van der Waals surface area contributed by atoms with Crippen LogP contribution in [-0.2, 0) is 0 Å². The van der Waals surface area contributed by atoms with Gasteiger partial charge in [0.2, 0.25) is 0 Å². The lowest BCUT2D eigenvalue weighted by molar-refractivity contribution is 0.578. The molecule has 0 amide bonds. The van der Waals surface area contributed by atoms with E-state index < -0.39 is 0 Å². The van der Waals surface area contributed by atoms with Gasteiger partial charge in [0.1, 0.15) is 0 Å². The maximum absolute atomic E-state index is 5.39. The second kappa shape index (κ2) is 18.7. The maximum atomic E-state index is 5.39. The Kier molecular flexibility index (Phi) is 28.0. The maximum Gasteiger partial charge on any atom is -0.00773 e. The fourth-order valence-corrected chi connectivity index (χ4v) is 1.28. The van der Waals surface area contributed by atoms with Crippen molar-refractivity contribution >= 4 is 34.0 Å². The lowest BCUT2D eigenvalue weighted by Gasteiger charge is -1.99. The first-order valence-corrected chi connectivity index (χ1v) is 5.12. The van der Waals surface area contributed by atoms with Crippen molar-refractivity contribution in [2.45, 2.75) is 58.3 Å². The summed E-state index contributed by atoms with van der Waals surface area (Å²) in [4.78, 5) is 0. The van der Waals surface area contributed by atoms with Gasteiger partial charge in [-0.1, -0.05) is 51.9 Å². The van der Waals surface area contributed by atoms with Crippen LogP contribution in [0.2, 0.25) is 0 Å². The van der Waals surface area contributed by atoms with E-state index in [9.17, 15) is 0 Å². The molecule has 0 aromatic heterocycles. The van der Waals surface area contributed by atoms with Gasteiger partial charge in [0.15, 0.2) is 0 Å². The fraction of sp³-hybridized carbons (Fsp3) is 1.00. The number of nitrogens with two attached hydrogens (primary N) is 1. The van der Waals surface area contributed by atoms with E-state index in [1.807, 2.05) is 0 Å². The van der Waals surface area contributed by atoms with Crippen LogP contribution in [0.5, 0.6) is 0 Å². The Morgan fingerprint density at radius 2 is 1.08 bits per heavy atom. The molecule has 0 spiro atoms. The van der Waals surface area contributed by atoms with Gasteiger partial charge in [0, 0.05) is 0 Å². The topological polar surface area (TPSA) is 26.0 Å². The summed E-state index contributed by atoms with van der Waals surface area (Å²) in [5, 5.41) is 0. The van der Waals surface area contributed by atoms with Crippen LogP contribution in [0.4, 0.5) is 0 Å². The van der Waals surface area contributed by atoms with E-state index >= 15 is 0 Å². The molecule has 1 nitrogen and oxygen atoms in total. The predicted octanol–water partition coefficient (Wildman–Crippen LogP) is 4.24. The Morgan fingerprint density at radius 3 is 1.46 bits per heavy atom. The molecule has 0 heterocycles. The van der Waals surface area contributed by atoms with E-state index in [-0.39, 0.29) is 34.0 Å². The van der Waals surface area contributed by atoms with E-state index in [0.717, 1.165) is 6.54 Å². The fourth-order valence-electron chi connectivity index (χ4n) is 1.28. The summed E-state index contributed by atoms with van der Waals surface area (Å²) in [5.74, 6) is 0. The normalized spacial score (nSPS) is 8.77. The molecule has 2 N–H and O–H groups in total. The Morgan fingerprint density at radius 1 is 0.692 bits per heavy atom. The van der Waals surface area contributed by atoms with Crippen LogP contribution in [0.1, 0.15) is 58.3 Å². The van der Waals surface area contributed by atoms with Crippen LogP contribution >= 0.6 is 34.0 Å². The quantitative estimate of drug-likeness (QED) is 0.665. The van der Waals surface area contributed by atoms with Gasteiger partial charge in [0.25, 0.3) is 0 Å².